The second-order valence-corrected chi connectivity index (χ2v) is 1.87. The maximum absolute atomic E-state index is 7.99. The Labute approximate surface area is 126 Å². The van der Waals surface area contributed by atoms with Crippen molar-refractivity contribution in [2.75, 3.05) is 41.1 Å². The Hall–Kier alpha value is 0.630. The molecule has 0 saturated heterocycles. The fourth-order valence-corrected chi connectivity index (χ4v) is 0.194. The van der Waals surface area contributed by atoms with Gasteiger partial charge in [0.15, 0.2) is 23.6 Å². The average molecular weight is 239 g/mol. The van der Waals surface area contributed by atoms with Gasteiger partial charge in [0, 0.05) is 35.3 Å². The summed E-state index contributed by atoms with van der Waals surface area (Å²) in [6.45, 7) is -3.46. The van der Waals surface area contributed by atoms with E-state index in [9.17, 15) is 0 Å². The molecule has 0 unspecified atom stereocenters. The Morgan fingerprint density at radius 3 is 2.07 bits per heavy atom. The van der Waals surface area contributed by atoms with Gasteiger partial charge in [0.1, 0.15) is 0 Å². The standard InChI is InChI=1S/C4H12N2.C3H6N2.Al.ClH.Li.4H/c1-6(2)4-3-5;1-5(2)3-4;;;;;;;/h3-5H2,1-2H3;1-2H3;;1H;;;;;/q;;;;+1;;;;-1/i2*1D3;;;;;;;. The smallest absolute Gasteiger partial charge is 1.00 e. The van der Waals surface area contributed by atoms with Crippen LogP contribution in [0, 0.1) is 11.5 Å². The summed E-state index contributed by atoms with van der Waals surface area (Å²) in [7, 11) is 2.74. The SMILES string of the molecule is Cl.[2H]C([2H])([2H])N(C)C#N.[2H]C([2H])([2H])N(C)CCN.[AlH3].[H-].[Li+]. The first kappa shape index (κ1) is 11.1. The number of hydrogen-bond acceptors (Lipinski definition) is 4. The fourth-order valence-electron chi connectivity index (χ4n) is 0.194. The van der Waals surface area contributed by atoms with Gasteiger partial charge < -0.3 is 17.0 Å². The molecule has 0 saturated carbocycles. The van der Waals surface area contributed by atoms with Crippen molar-refractivity contribution in [3.63, 3.8) is 0 Å². The van der Waals surface area contributed by atoms with Crippen molar-refractivity contribution in [3.05, 3.63) is 0 Å². The molecule has 0 rings (SSSR count). The largest absolute Gasteiger partial charge is 1.00 e. The van der Waals surface area contributed by atoms with Crippen molar-refractivity contribution in [1.82, 2.24) is 9.80 Å². The van der Waals surface area contributed by atoms with Gasteiger partial charge in [-0.05, 0) is 14.0 Å². The maximum atomic E-state index is 7.99. The van der Waals surface area contributed by atoms with Gasteiger partial charge in [0.05, 0.1) is 0 Å². The van der Waals surface area contributed by atoms with E-state index in [2.05, 4.69) is 0 Å². The summed E-state index contributed by atoms with van der Waals surface area (Å²) in [6.07, 6.45) is 1.48. The Balaban J connectivity index is -0.0000000452. The molecule has 0 aromatic rings. The molecular formula is C7H23AlClLiN4. The number of nitrogens with two attached hydrogens (primary N) is 1. The van der Waals surface area contributed by atoms with Crippen LogP contribution in [-0.2, 0) is 0 Å². The van der Waals surface area contributed by atoms with Crippen LogP contribution < -0.4 is 24.6 Å². The van der Waals surface area contributed by atoms with Gasteiger partial charge >= 0.3 is 18.9 Å². The van der Waals surface area contributed by atoms with E-state index < -0.39 is 14.0 Å². The van der Waals surface area contributed by atoms with E-state index in [1.165, 1.54) is 25.2 Å². The zero-order valence-corrected chi connectivity index (χ0v) is 9.06. The number of hydrogen-bond donors (Lipinski definition) is 1. The summed E-state index contributed by atoms with van der Waals surface area (Å²) in [4.78, 5) is 1.86. The molecule has 0 aliphatic carbocycles. The molecule has 14 heavy (non-hydrogen) atoms. The van der Waals surface area contributed by atoms with Crippen LogP contribution in [-0.4, -0.2) is 68.3 Å². The Bertz CT molecular complexity index is 261. The van der Waals surface area contributed by atoms with Crippen LogP contribution in [0.2, 0.25) is 0 Å². The summed E-state index contributed by atoms with van der Waals surface area (Å²) in [5.41, 5.74) is 5.13. The van der Waals surface area contributed by atoms with Crippen molar-refractivity contribution in [3.8, 4) is 6.19 Å². The topological polar surface area (TPSA) is 56.3 Å². The van der Waals surface area contributed by atoms with Gasteiger partial charge in [-0.15, -0.1) is 12.4 Å². The molecule has 0 spiro atoms. The second kappa shape index (κ2) is 23.4. The number of likely N-dealkylation sites (N-methyl/N-ethyl adjacent to an activating group) is 1. The van der Waals surface area contributed by atoms with Crippen LogP contribution in [0.5, 0.6) is 0 Å². The van der Waals surface area contributed by atoms with E-state index in [4.69, 9.17) is 19.2 Å². The first-order valence-electron chi connectivity index (χ1n) is 6.01. The van der Waals surface area contributed by atoms with E-state index in [-0.39, 0.29) is 50.1 Å². The summed E-state index contributed by atoms with van der Waals surface area (Å²) in [5.74, 6) is 0. The van der Waals surface area contributed by atoms with Gasteiger partial charge in [-0.2, -0.15) is 5.26 Å². The molecule has 0 aromatic heterocycles. The van der Waals surface area contributed by atoms with Crippen molar-refractivity contribution in [2.45, 2.75) is 0 Å². The summed E-state index contributed by atoms with van der Waals surface area (Å²) < 4.78 is 40.3. The number of nitrogens with zero attached hydrogens (tertiary/aromatic N) is 3. The van der Waals surface area contributed by atoms with Gasteiger partial charge in [-0.1, -0.05) is 0 Å². The molecule has 0 aliphatic heterocycles. The van der Waals surface area contributed by atoms with Crippen LogP contribution in [0.3, 0.4) is 0 Å². The predicted molar refractivity (Wildman–Crippen MR) is 65.2 cm³/mol. The quantitative estimate of drug-likeness (QED) is 0.302. The molecule has 4 nitrogen and oxygen atoms in total. The number of halogens is 1. The molecule has 7 heteroatoms. The van der Waals surface area contributed by atoms with Crippen LogP contribution in [0.1, 0.15) is 9.65 Å². The molecular weight excluding hydrogens is 209 g/mol. The van der Waals surface area contributed by atoms with Crippen molar-refractivity contribution < 1.29 is 28.5 Å². The normalized spacial score (nSPS) is 14.5. The van der Waals surface area contributed by atoms with E-state index in [0.29, 0.717) is 18.0 Å². The summed E-state index contributed by atoms with van der Waals surface area (Å²) >= 11 is 0. The zero-order chi connectivity index (χ0) is 14.3. The molecule has 0 radical (unpaired) electrons. The molecule has 0 aromatic carbocycles. The summed E-state index contributed by atoms with van der Waals surface area (Å²) in [6, 6.07) is 0. The molecule has 82 valence electrons. The van der Waals surface area contributed by atoms with Gasteiger partial charge in [0.2, 0.25) is 0 Å². The monoisotopic (exact) mass is 238 g/mol. The van der Waals surface area contributed by atoms with E-state index in [0.717, 1.165) is 0 Å². The maximum Gasteiger partial charge on any atom is 1.00 e. The van der Waals surface area contributed by atoms with Gasteiger partial charge in [-0.25, -0.2) is 0 Å². The van der Waals surface area contributed by atoms with Crippen LogP contribution >= 0.6 is 12.4 Å². The predicted octanol–water partition coefficient (Wildman–Crippen LogP) is -4.11. The molecule has 0 fully saturated rings. The minimum atomic E-state index is -2.27. The molecule has 0 bridgehead atoms. The van der Waals surface area contributed by atoms with E-state index in [1.807, 2.05) is 0 Å². The molecule has 0 atom stereocenters. The Kier molecular flexibility index (Phi) is 18.6. The van der Waals surface area contributed by atoms with Crippen molar-refractivity contribution >= 4 is 29.8 Å². The third-order valence-electron chi connectivity index (χ3n) is 0.615. The Morgan fingerprint density at radius 2 is 2.00 bits per heavy atom. The number of nitriles is 1. The van der Waals surface area contributed by atoms with Gasteiger partial charge in [-0.3, -0.25) is 0 Å². The van der Waals surface area contributed by atoms with Crippen LogP contribution in [0.4, 0.5) is 0 Å². The first-order chi connectivity index (χ1) is 7.46. The molecule has 0 amide bonds. The second-order valence-electron chi connectivity index (χ2n) is 1.87. The van der Waals surface area contributed by atoms with Crippen molar-refractivity contribution in [1.29, 1.82) is 5.26 Å². The minimum absolute atomic E-state index is 0. The fraction of sp³-hybridized carbons (Fsp3) is 0.857. The Morgan fingerprint density at radius 1 is 1.50 bits per heavy atom. The van der Waals surface area contributed by atoms with E-state index in [1.54, 1.807) is 0 Å². The van der Waals surface area contributed by atoms with Crippen LogP contribution in [0.15, 0.2) is 0 Å². The molecule has 0 aliphatic rings. The zero-order valence-electron chi connectivity index (χ0n) is 15.2. The third-order valence-corrected chi connectivity index (χ3v) is 0.615. The van der Waals surface area contributed by atoms with Crippen molar-refractivity contribution in [2.24, 2.45) is 5.73 Å². The third kappa shape index (κ3) is 53.9. The first-order valence-corrected chi connectivity index (χ1v) is 3.01. The average Bonchev–Trinajstić information content (AvgIpc) is 2.15. The van der Waals surface area contributed by atoms with Crippen LogP contribution in [0.25, 0.3) is 0 Å². The van der Waals surface area contributed by atoms with Gasteiger partial charge in [0.25, 0.3) is 0 Å². The molecule has 2 N–H and O–H groups in total. The summed E-state index contributed by atoms with van der Waals surface area (Å²) in [5, 5.41) is 7.99. The number of rotatable bonds is 2. The minimum Gasteiger partial charge on any atom is -1.00 e. The molecule has 0 heterocycles. The van der Waals surface area contributed by atoms with E-state index >= 15 is 0 Å².